The smallest absolute Gasteiger partial charge is 0.257 e. The van der Waals surface area contributed by atoms with Gasteiger partial charge in [0.15, 0.2) is 0 Å². The fourth-order valence-corrected chi connectivity index (χ4v) is 6.95. The molecule has 8 heteroatoms. The first kappa shape index (κ1) is 26.0. The van der Waals surface area contributed by atoms with E-state index in [2.05, 4.69) is 11.9 Å². The molecule has 0 bridgehead atoms. The Balaban J connectivity index is 1.33. The van der Waals surface area contributed by atoms with Gasteiger partial charge in [0.2, 0.25) is 0 Å². The molecule has 1 amide bonds. The summed E-state index contributed by atoms with van der Waals surface area (Å²) in [6, 6.07) is 1.95. The van der Waals surface area contributed by atoms with Crippen molar-refractivity contribution in [1.82, 2.24) is 14.8 Å². The van der Waals surface area contributed by atoms with Gasteiger partial charge in [-0.05, 0) is 82.7 Å². The minimum Gasteiger partial charge on any atom is -0.334 e. The number of thiophene rings is 1. The van der Waals surface area contributed by atoms with Crippen LogP contribution in [0, 0.1) is 26.7 Å². The first-order valence-corrected chi connectivity index (χ1v) is 13.5. The van der Waals surface area contributed by atoms with E-state index in [0.29, 0.717) is 24.6 Å². The predicted molar refractivity (Wildman–Crippen MR) is 137 cm³/mol. The number of hydrogen-bond acceptors (Lipinski definition) is 4. The van der Waals surface area contributed by atoms with E-state index in [1.807, 2.05) is 29.7 Å². The third-order valence-corrected chi connectivity index (χ3v) is 8.91. The highest BCUT2D eigenvalue weighted by atomic mass is 32.1. The number of H-pyrrole nitrogens is 1. The molecule has 0 spiro atoms. The van der Waals surface area contributed by atoms with Crippen molar-refractivity contribution < 1.29 is 13.6 Å². The Morgan fingerprint density at radius 2 is 1.86 bits per heavy atom. The molecule has 0 aromatic carbocycles. The molecule has 35 heavy (non-hydrogen) atoms. The highest BCUT2D eigenvalue weighted by Crippen LogP contribution is 2.35. The molecule has 2 aromatic heterocycles. The highest BCUT2D eigenvalue weighted by molar-refractivity contribution is 7.12. The lowest BCUT2D eigenvalue weighted by molar-refractivity contribution is -0.0226. The first-order chi connectivity index (χ1) is 16.5. The minimum atomic E-state index is -2.62. The molecule has 2 aromatic rings. The van der Waals surface area contributed by atoms with Crippen LogP contribution in [0.4, 0.5) is 8.78 Å². The van der Waals surface area contributed by atoms with Crippen LogP contribution in [0.3, 0.4) is 0 Å². The number of aromatic amines is 1. The quantitative estimate of drug-likeness (QED) is 0.533. The molecule has 5 nitrogen and oxygen atoms in total. The van der Waals surface area contributed by atoms with Crippen molar-refractivity contribution in [3.8, 4) is 0 Å². The van der Waals surface area contributed by atoms with Crippen molar-refractivity contribution in [2.45, 2.75) is 78.7 Å². The zero-order chi connectivity index (χ0) is 25.3. The SMILES string of the molecule is Cc1cc(C)c(CN2CCc3sc(CCCC4CCN(CC(C)(F)F)CC4)c(C)c3C2=O)c(=O)[nH]1. The summed E-state index contributed by atoms with van der Waals surface area (Å²) in [4.78, 5) is 34.8. The molecule has 4 rings (SSSR count). The second-order valence-corrected chi connectivity index (χ2v) is 11.7. The Morgan fingerprint density at radius 1 is 1.14 bits per heavy atom. The topological polar surface area (TPSA) is 56.4 Å². The summed E-state index contributed by atoms with van der Waals surface area (Å²) in [6.45, 7) is 9.19. The number of halogens is 2. The van der Waals surface area contributed by atoms with Crippen LogP contribution < -0.4 is 5.56 Å². The lowest BCUT2D eigenvalue weighted by Crippen LogP contribution is -2.40. The number of aryl methyl sites for hydroxylation is 3. The van der Waals surface area contributed by atoms with Crippen LogP contribution >= 0.6 is 11.3 Å². The summed E-state index contributed by atoms with van der Waals surface area (Å²) in [5, 5.41) is 0. The number of amides is 1. The lowest BCUT2D eigenvalue weighted by atomic mass is 9.91. The molecular weight excluding hydrogens is 468 g/mol. The zero-order valence-electron chi connectivity index (χ0n) is 21.3. The Hall–Kier alpha value is -2.06. The molecule has 2 aliphatic heterocycles. The van der Waals surface area contributed by atoms with Crippen LogP contribution in [-0.2, 0) is 19.4 Å². The summed E-state index contributed by atoms with van der Waals surface area (Å²) in [5.74, 6) is -1.99. The lowest BCUT2D eigenvalue weighted by Gasteiger charge is -2.33. The second-order valence-electron chi connectivity index (χ2n) is 10.6. The number of carbonyl (C=O) groups excluding carboxylic acids is 1. The maximum absolute atomic E-state index is 13.4. The molecule has 0 aliphatic carbocycles. The largest absolute Gasteiger partial charge is 0.334 e. The van der Waals surface area contributed by atoms with Gasteiger partial charge in [-0.15, -0.1) is 11.3 Å². The number of likely N-dealkylation sites (tertiary alicyclic amines) is 1. The van der Waals surface area contributed by atoms with Crippen LogP contribution in [0.15, 0.2) is 10.9 Å². The summed E-state index contributed by atoms with van der Waals surface area (Å²) >= 11 is 1.77. The van der Waals surface area contributed by atoms with Gasteiger partial charge in [-0.1, -0.05) is 6.42 Å². The highest BCUT2D eigenvalue weighted by Gasteiger charge is 2.31. The molecule has 0 atom stereocenters. The number of nitrogens with zero attached hydrogens (tertiary/aromatic N) is 2. The maximum atomic E-state index is 13.4. The van der Waals surface area contributed by atoms with Gasteiger partial charge in [0.1, 0.15) is 0 Å². The van der Waals surface area contributed by atoms with Gasteiger partial charge in [-0.2, -0.15) is 0 Å². The number of alkyl halides is 2. The summed E-state index contributed by atoms with van der Waals surface area (Å²) in [6.07, 6.45) is 5.93. The second kappa shape index (κ2) is 10.5. The van der Waals surface area contributed by atoms with E-state index in [9.17, 15) is 18.4 Å². The maximum Gasteiger partial charge on any atom is 0.257 e. The third-order valence-electron chi connectivity index (χ3n) is 7.50. The van der Waals surface area contributed by atoms with E-state index < -0.39 is 5.92 Å². The van der Waals surface area contributed by atoms with Crippen molar-refractivity contribution in [2.75, 3.05) is 26.2 Å². The number of rotatable bonds is 8. The van der Waals surface area contributed by atoms with E-state index in [1.54, 1.807) is 11.3 Å². The van der Waals surface area contributed by atoms with Crippen molar-refractivity contribution in [3.63, 3.8) is 0 Å². The van der Waals surface area contributed by atoms with E-state index in [4.69, 9.17) is 0 Å². The van der Waals surface area contributed by atoms with Crippen molar-refractivity contribution >= 4 is 17.2 Å². The number of pyridine rings is 1. The fraction of sp³-hybridized carbons (Fsp3) is 0.630. The average molecular weight is 506 g/mol. The van der Waals surface area contributed by atoms with Gasteiger partial charge in [0, 0.05) is 40.9 Å². The Labute approximate surface area is 210 Å². The van der Waals surface area contributed by atoms with Gasteiger partial charge in [0.05, 0.1) is 18.7 Å². The molecule has 2 aliphatic rings. The third kappa shape index (κ3) is 6.20. The Morgan fingerprint density at radius 3 is 2.51 bits per heavy atom. The molecule has 1 saturated heterocycles. The predicted octanol–water partition coefficient (Wildman–Crippen LogP) is 5.25. The molecule has 0 radical (unpaired) electrons. The van der Waals surface area contributed by atoms with Crippen LogP contribution in [-0.4, -0.2) is 52.8 Å². The van der Waals surface area contributed by atoms with Crippen LogP contribution in [0.2, 0.25) is 0 Å². The Bertz CT molecular complexity index is 1130. The number of nitrogens with one attached hydrogen (secondary N) is 1. The molecule has 0 unspecified atom stereocenters. The van der Waals surface area contributed by atoms with E-state index in [0.717, 1.165) is 80.9 Å². The normalized spacial score (nSPS) is 17.8. The van der Waals surface area contributed by atoms with Crippen molar-refractivity contribution in [3.05, 3.63) is 54.1 Å². The fourth-order valence-electron chi connectivity index (χ4n) is 5.61. The summed E-state index contributed by atoms with van der Waals surface area (Å²) in [5.41, 5.74) is 4.23. The summed E-state index contributed by atoms with van der Waals surface area (Å²) < 4.78 is 26.5. The average Bonchev–Trinajstić information content (AvgIpc) is 3.08. The van der Waals surface area contributed by atoms with E-state index in [1.165, 1.54) is 9.75 Å². The van der Waals surface area contributed by atoms with Crippen LogP contribution in [0.25, 0.3) is 0 Å². The van der Waals surface area contributed by atoms with Gasteiger partial charge in [-0.25, -0.2) is 8.78 Å². The van der Waals surface area contributed by atoms with Gasteiger partial charge < -0.3 is 9.88 Å². The molecule has 4 heterocycles. The molecule has 192 valence electrons. The first-order valence-electron chi connectivity index (χ1n) is 12.7. The van der Waals surface area contributed by atoms with E-state index in [-0.39, 0.29) is 18.0 Å². The number of fused-ring (bicyclic) bond motifs is 1. The molecule has 0 saturated carbocycles. The van der Waals surface area contributed by atoms with Crippen LogP contribution in [0.5, 0.6) is 0 Å². The van der Waals surface area contributed by atoms with Crippen LogP contribution in [0.1, 0.15) is 75.1 Å². The van der Waals surface area contributed by atoms with Gasteiger partial charge in [0.25, 0.3) is 17.4 Å². The number of piperidine rings is 1. The van der Waals surface area contributed by atoms with Gasteiger partial charge in [-0.3, -0.25) is 14.5 Å². The minimum absolute atomic E-state index is 0.0331. The standard InChI is InChI=1S/C27H37F2N3O2S/c1-17-14-18(2)30-25(33)21(17)15-32-13-10-23-24(26(32)34)19(3)22(35-23)7-5-6-20-8-11-31(12-9-20)16-27(4,28)29/h14,20H,5-13,15-16H2,1-4H3,(H,30,33). The van der Waals surface area contributed by atoms with Crippen molar-refractivity contribution in [2.24, 2.45) is 5.92 Å². The number of carbonyl (C=O) groups is 1. The molecule has 1 fully saturated rings. The number of aromatic nitrogens is 1. The Kier molecular flexibility index (Phi) is 7.81. The monoisotopic (exact) mass is 505 g/mol. The molecular formula is C27H37F2N3O2S. The summed E-state index contributed by atoms with van der Waals surface area (Å²) in [7, 11) is 0. The van der Waals surface area contributed by atoms with Gasteiger partial charge >= 0.3 is 0 Å². The molecule has 1 N–H and O–H groups in total. The number of hydrogen-bond donors (Lipinski definition) is 1. The van der Waals surface area contributed by atoms with Crippen molar-refractivity contribution in [1.29, 1.82) is 0 Å². The zero-order valence-corrected chi connectivity index (χ0v) is 22.1. The van der Waals surface area contributed by atoms with E-state index >= 15 is 0 Å².